The van der Waals surface area contributed by atoms with E-state index in [1.165, 1.54) is 0 Å². The van der Waals surface area contributed by atoms with Gasteiger partial charge in [0.2, 0.25) is 5.91 Å². The van der Waals surface area contributed by atoms with Crippen LogP contribution in [0.15, 0.2) is 18.2 Å². The Morgan fingerprint density at radius 1 is 1.25 bits per heavy atom. The van der Waals surface area contributed by atoms with Gasteiger partial charge < -0.3 is 25.0 Å². The molecule has 7 heteroatoms. The van der Waals surface area contributed by atoms with Crippen molar-refractivity contribution in [3.8, 4) is 11.5 Å². The van der Waals surface area contributed by atoms with Crippen LogP contribution in [0.5, 0.6) is 11.5 Å². The van der Waals surface area contributed by atoms with E-state index in [2.05, 4.69) is 15.5 Å². The Hall–Kier alpha value is -1.66. The molecule has 0 bridgehead atoms. The van der Waals surface area contributed by atoms with Gasteiger partial charge in [-0.15, -0.1) is 12.4 Å². The highest BCUT2D eigenvalue weighted by atomic mass is 35.5. The van der Waals surface area contributed by atoms with Crippen LogP contribution in [-0.2, 0) is 4.79 Å². The number of nitrogens with zero attached hydrogens (tertiary/aromatic N) is 1. The van der Waals surface area contributed by atoms with Crippen LogP contribution in [0.1, 0.15) is 6.42 Å². The fourth-order valence-electron chi connectivity index (χ4n) is 3.07. The Labute approximate surface area is 149 Å². The molecule has 2 aliphatic heterocycles. The summed E-state index contributed by atoms with van der Waals surface area (Å²) in [5, 5.41) is 6.22. The summed E-state index contributed by atoms with van der Waals surface area (Å²) in [6, 6.07) is 5.94. The number of carbonyl (C=O) groups excluding carboxylic acids is 1. The topological polar surface area (TPSA) is 62.8 Å². The first kappa shape index (κ1) is 18.7. The first-order chi connectivity index (χ1) is 11.2. The molecule has 0 saturated carbocycles. The van der Waals surface area contributed by atoms with Crippen molar-refractivity contribution in [3.63, 3.8) is 0 Å². The van der Waals surface area contributed by atoms with Crippen molar-refractivity contribution in [1.82, 2.24) is 10.6 Å². The Balaban J connectivity index is 0.00000208. The predicted octanol–water partition coefficient (Wildman–Crippen LogP) is 1.29. The van der Waals surface area contributed by atoms with Crippen molar-refractivity contribution in [1.29, 1.82) is 0 Å². The number of benzene rings is 1. The van der Waals surface area contributed by atoms with E-state index in [0.717, 1.165) is 56.3 Å². The van der Waals surface area contributed by atoms with Gasteiger partial charge >= 0.3 is 0 Å². The van der Waals surface area contributed by atoms with Crippen molar-refractivity contribution in [2.45, 2.75) is 6.42 Å². The van der Waals surface area contributed by atoms with E-state index in [4.69, 9.17) is 9.47 Å². The van der Waals surface area contributed by atoms with Gasteiger partial charge in [0.15, 0.2) is 0 Å². The number of nitrogens with one attached hydrogen (secondary N) is 2. The minimum atomic E-state index is 0. The first-order valence-corrected chi connectivity index (χ1v) is 8.16. The van der Waals surface area contributed by atoms with Gasteiger partial charge in [-0.3, -0.25) is 4.79 Å². The smallest absolute Gasteiger partial charge is 0.225 e. The number of ether oxygens (including phenoxy) is 2. The minimum Gasteiger partial charge on any atom is -0.497 e. The number of rotatable bonds is 6. The van der Waals surface area contributed by atoms with E-state index in [-0.39, 0.29) is 24.2 Å². The number of methoxy groups -OCH3 is 2. The largest absolute Gasteiger partial charge is 0.497 e. The molecule has 1 aromatic carbocycles. The lowest BCUT2D eigenvalue weighted by atomic mass is 10.0. The summed E-state index contributed by atoms with van der Waals surface area (Å²) in [4.78, 5) is 14.2. The van der Waals surface area contributed by atoms with Crippen molar-refractivity contribution in [2.75, 3.05) is 51.8 Å². The maximum Gasteiger partial charge on any atom is 0.225 e. The zero-order valence-corrected chi connectivity index (χ0v) is 15.0. The molecule has 2 saturated heterocycles. The summed E-state index contributed by atoms with van der Waals surface area (Å²) in [5.41, 5.74) is 1.11. The molecule has 1 atom stereocenters. The molecule has 1 amide bonds. The molecule has 2 fully saturated rings. The normalized spacial score (nSPS) is 20.1. The Morgan fingerprint density at radius 2 is 1.92 bits per heavy atom. The van der Waals surface area contributed by atoms with Crippen LogP contribution >= 0.6 is 12.4 Å². The van der Waals surface area contributed by atoms with Crippen molar-refractivity contribution in [2.24, 2.45) is 11.8 Å². The summed E-state index contributed by atoms with van der Waals surface area (Å²) < 4.78 is 10.7. The van der Waals surface area contributed by atoms with E-state index in [0.29, 0.717) is 5.92 Å². The quantitative estimate of drug-likeness (QED) is 0.805. The zero-order valence-electron chi connectivity index (χ0n) is 14.2. The molecule has 134 valence electrons. The maximum absolute atomic E-state index is 11.9. The summed E-state index contributed by atoms with van der Waals surface area (Å²) in [6.45, 7) is 4.31. The van der Waals surface area contributed by atoms with Crippen LogP contribution in [0.4, 0.5) is 5.69 Å². The van der Waals surface area contributed by atoms with Gasteiger partial charge in [0.05, 0.1) is 20.1 Å². The van der Waals surface area contributed by atoms with Gasteiger partial charge in [0, 0.05) is 56.6 Å². The fourth-order valence-corrected chi connectivity index (χ4v) is 3.07. The Kier molecular flexibility index (Phi) is 6.57. The maximum atomic E-state index is 11.9. The van der Waals surface area contributed by atoms with Crippen molar-refractivity contribution in [3.05, 3.63) is 18.2 Å². The van der Waals surface area contributed by atoms with E-state index < -0.39 is 0 Å². The summed E-state index contributed by atoms with van der Waals surface area (Å²) in [6.07, 6.45) is 1.09. The van der Waals surface area contributed by atoms with E-state index in [1.54, 1.807) is 14.2 Å². The molecule has 6 nitrogen and oxygen atoms in total. The second-order valence-corrected chi connectivity index (χ2v) is 6.27. The summed E-state index contributed by atoms with van der Waals surface area (Å²) in [5.74, 6) is 2.44. The Bertz CT molecular complexity index is 544. The molecule has 0 aromatic heterocycles. The van der Waals surface area contributed by atoms with Gasteiger partial charge in [-0.1, -0.05) is 0 Å². The van der Waals surface area contributed by atoms with Crippen LogP contribution in [0, 0.1) is 11.8 Å². The standard InChI is InChI=1S/C17H25N3O3.ClH/c1-22-15-5-14(6-16(7-15)23-2)20-4-3-12(11-20)8-19-17(21)13-9-18-10-13;/h5-7,12-13,18H,3-4,8-11H2,1-2H3,(H,19,21);1H. The third-order valence-electron chi connectivity index (χ3n) is 4.70. The predicted molar refractivity (Wildman–Crippen MR) is 96.5 cm³/mol. The van der Waals surface area contributed by atoms with Crippen LogP contribution in [0.3, 0.4) is 0 Å². The number of hydrogen-bond donors (Lipinski definition) is 2. The van der Waals surface area contributed by atoms with Gasteiger partial charge in [-0.05, 0) is 12.3 Å². The van der Waals surface area contributed by atoms with Crippen molar-refractivity contribution >= 4 is 24.0 Å². The van der Waals surface area contributed by atoms with Crippen LogP contribution in [0.25, 0.3) is 0 Å². The van der Waals surface area contributed by atoms with Crippen LogP contribution in [0.2, 0.25) is 0 Å². The molecular weight excluding hydrogens is 330 g/mol. The third-order valence-corrected chi connectivity index (χ3v) is 4.70. The molecule has 1 unspecified atom stereocenters. The van der Waals surface area contributed by atoms with Gasteiger partial charge in [0.1, 0.15) is 11.5 Å². The number of anilines is 1. The monoisotopic (exact) mass is 355 g/mol. The number of amides is 1. The number of carbonyl (C=O) groups is 1. The molecule has 3 rings (SSSR count). The highest BCUT2D eigenvalue weighted by Crippen LogP contribution is 2.31. The molecule has 2 N–H and O–H groups in total. The lowest BCUT2D eigenvalue weighted by Gasteiger charge is -2.26. The second-order valence-electron chi connectivity index (χ2n) is 6.27. The lowest BCUT2D eigenvalue weighted by Crippen LogP contribution is -2.51. The number of halogens is 1. The molecule has 0 radical (unpaired) electrons. The SMILES string of the molecule is COc1cc(OC)cc(N2CCC(CNC(=O)C3CNC3)C2)c1.Cl. The lowest BCUT2D eigenvalue weighted by molar-refractivity contribution is -0.126. The van der Waals surface area contributed by atoms with Crippen LogP contribution < -0.4 is 25.0 Å². The van der Waals surface area contributed by atoms with E-state index >= 15 is 0 Å². The van der Waals surface area contributed by atoms with E-state index in [1.807, 2.05) is 18.2 Å². The zero-order chi connectivity index (χ0) is 16.2. The average Bonchev–Trinajstić information content (AvgIpc) is 2.99. The van der Waals surface area contributed by atoms with Crippen molar-refractivity contribution < 1.29 is 14.3 Å². The minimum absolute atomic E-state index is 0. The second kappa shape index (κ2) is 8.44. The van der Waals surface area contributed by atoms with E-state index in [9.17, 15) is 4.79 Å². The highest BCUT2D eigenvalue weighted by Gasteiger charge is 2.27. The molecule has 0 spiro atoms. The molecule has 24 heavy (non-hydrogen) atoms. The molecule has 2 aliphatic rings. The summed E-state index contributed by atoms with van der Waals surface area (Å²) >= 11 is 0. The van der Waals surface area contributed by atoms with Gasteiger partial charge in [-0.25, -0.2) is 0 Å². The first-order valence-electron chi connectivity index (χ1n) is 8.16. The van der Waals surface area contributed by atoms with Gasteiger partial charge in [-0.2, -0.15) is 0 Å². The average molecular weight is 356 g/mol. The van der Waals surface area contributed by atoms with Gasteiger partial charge in [0.25, 0.3) is 0 Å². The highest BCUT2D eigenvalue weighted by molar-refractivity contribution is 5.85. The Morgan fingerprint density at radius 3 is 2.46 bits per heavy atom. The molecular formula is C17H26ClN3O3. The fraction of sp³-hybridized carbons (Fsp3) is 0.588. The molecule has 1 aromatic rings. The summed E-state index contributed by atoms with van der Waals surface area (Å²) in [7, 11) is 3.33. The number of hydrogen-bond acceptors (Lipinski definition) is 5. The third kappa shape index (κ3) is 4.24. The molecule has 0 aliphatic carbocycles. The molecule has 2 heterocycles. The van der Waals surface area contributed by atoms with Crippen LogP contribution in [-0.4, -0.2) is 52.9 Å².